The molecular weight excluding hydrogens is 328 g/mol. The maximum Gasteiger partial charge on any atom is 0.211 e. The van der Waals surface area contributed by atoms with Gasteiger partial charge in [-0.25, -0.2) is 0 Å². The van der Waals surface area contributed by atoms with E-state index in [0.717, 1.165) is 27.5 Å². The number of furan rings is 1. The molecule has 0 aliphatic carbocycles. The van der Waals surface area contributed by atoms with Crippen LogP contribution in [0.3, 0.4) is 0 Å². The van der Waals surface area contributed by atoms with E-state index in [4.69, 9.17) is 16.6 Å². The molecule has 2 aromatic heterocycles. The van der Waals surface area contributed by atoms with Crippen molar-refractivity contribution in [2.75, 3.05) is 0 Å². The van der Waals surface area contributed by atoms with Crippen molar-refractivity contribution < 1.29 is 9.52 Å². The molecule has 0 saturated heterocycles. The van der Waals surface area contributed by atoms with E-state index < -0.39 is 0 Å². The van der Waals surface area contributed by atoms with Gasteiger partial charge in [-0.15, -0.1) is 11.3 Å². The number of allylic oxidation sites excluding steroid dienone is 1. The molecule has 0 bridgehead atoms. The minimum Gasteiger partial charge on any atom is -0.493 e. The Balaban J connectivity index is 1.73. The van der Waals surface area contributed by atoms with Crippen LogP contribution in [0.4, 0.5) is 5.69 Å². The van der Waals surface area contributed by atoms with Gasteiger partial charge in [0, 0.05) is 17.4 Å². The van der Waals surface area contributed by atoms with E-state index in [1.165, 1.54) is 11.3 Å². The minimum absolute atomic E-state index is 0.154. The zero-order valence-electron chi connectivity index (χ0n) is 12.0. The van der Waals surface area contributed by atoms with Crippen molar-refractivity contribution in [2.45, 2.75) is 6.54 Å². The number of thiazole rings is 1. The molecule has 0 saturated carbocycles. The largest absolute Gasteiger partial charge is 0.493 e. The standard InChI is InChI=1S/C17H12N2O2S2/c20-16-15(8-11-9-18-14-6-2-1-5-13(11)14)23-17(22)19(16)10-12-4-3-7-21-12/h1-9,20H,10H2/b11-8+. The van der Waals surface area contributed by atoms with Crippen LogP contribution in [0.15, 0.2) is 52.1 Å². The molecule has 0 spiro atoms. The van der Waals surface area contributed by atoms with Crippen LogP contribution in [0.5, 0.6) is 5.88 Å². The van der Waals surface area contributed by atoms with Gasteiger partial charge >= 0.3 is 0 Å². The lowest BCUT2D eigenvalue weighted by Crippen LogP contribution is -1.97. The summed E-state index contributed by atoms with van der Waals surface area (Å²) in [4.78, 5) is 5.10. The molecule has 0 fully saturated rings. The van der Waals surface area contributed by atoms with E-state index in [-0.39, 0.29) is 5.88 Å². The summed E-state index contributed by atoms with van der Waals surface area (Å²) < 4.78 is 7.60. The van der Waals surface area contributed by atoms with E-state index in [1.807, 2.05) is 48.7 Å². The predicted octanol–water partition coefficient (Wildman–Crippen LogP) is 4.88. The zero-order valence-corrected chi connectivity index (χ0v) is 13.6. The highest BCUT2D eigenvalue weighted by molar-refractivity contribution is 7.73. The number of hydrogen-bond acceptors (Lipinski definition) is 5. The molecule has 0 unspecified atom stereocenters. The summed E-state index contributed by atoms with van der Waals surface area (Å²) >= 11 is 6.74. The number of benzene rings is 1. The third-order valence-corrected chi connectivity index (χ3v) is 5.02. The Morgan fingerprint density at radius 2 is 2.13 bits per heavy atom. The van der Waals surface area contributed by atoms with Crippen molar-refractivity contribution in [2.24, 2.45) is 4.99 Å². The summed E-state index contributed by atoms with van der Waals surface area (Å²) in [6, 6.07) is 11.6. The van der Waals surface area contributed by atoms with Gasteiger partial charge in [0.1, 0.15) is 5.76 Å². The first kappa shape index (κ1) is 14.2. The number of nitrogens with zero attached hydrogens (tertiary/aromatic N) is 2. The highest BCUT2D eigenvalue weighted by Crippen LogP contribution is 2.35. The van der Waals surface area contributed by atoms with Crippen LogP contribution in [0.2, 0.25) is 0 Å². The van der Waals surface area contributed by atoms with Crippen LogP contribution in [-0.2, 0) is 6.54 Å². The average Bonchev–Trinajstić information content (AvgIpc) is 3.26. The van der Waals surface area contributed by atoms with Crippen LogP contribution in [-0.4, -0.2) is 15.9 Å². The summed E-state index contributed by atoms with van der Waals surface area (Å²) in [6.45, 7) is 0.419. The maximum atomic E-state index is 10.5. The lowest BCUT2D eigenvalue weighted by molar-refractivity contribution is 0.407. The molecular formula is C17H12N2O2S2. The Bertz CT molecular complexity index is 978. The first-order chi connectivity index (χ1) is 11.2. The average molecular weight is 340 g/mol. The van der Waals surface area contributed by atoms with E-state index in [9.17, 15) is 5.11 Å². The van der Waals surface area contributed by atoms with Crippen molar-refractivity contribution in [1.29, 1.82) is 0 Å². The number of fused-ring (bicyclic) bond motifs is 1. The van der Waals surface area contributed by atoms with Crippen LogP contribution in [0, 0.1) is 3.95 Å². The number of para-hydroxylation sites is 1. The zero-order chi connectivity index (χ0) is 15.8. The first-order valence-corrected chi connectivity index (χ1v) is 8.25. The third-order valence-electron chi connectivity index (χ3n) is 3.63. The summed E-state index contributed by atoms with van der Waals surface area (Å²) in [5.74, 6) is 0.905. The fourth-order valence-corrected chi connectivity index (χ4v) is 3.76. The molecule has 4 rings (SSSR count). The quantitative estimate of drug-likeness (QED) is 0.691. The first-order valence-electron chi connectivity index (χ1n) is 7.02. The Kier molecular flexibility index (Phi) is 3.48. The van der Waals surface area contributed by atoms with E-state index in [0.29, 0.717) is 10.5 Å². The molecule has 1 aromatic carbocycles. The van der Waals surface area contributed by atoms with Gasteiger partial charge in [-0.1, -0.05) is 18.2 Å². The monoisotopic (exact) mass is 340 g/mol. The van der Waals surface area contributed by atoms with Gasteiger partial charge in [-0.05, 0) is 36.5 Å². The van der Waals surface area contributed by atoms with Crippen molar-refractivity contribution in [3.63, 3.8) is 0 Å². The number of rotatable bonds is 3. The lowest BCUT2D eigenvalue weighted by Gasteiger charge is -2.02. The highest BCUT2D eigenvalue weighted by atomic mass is 32.1. The number of aromatic hydroxyl groups is 1. The Morgan fingerprint density at radius 3 is 2.96 bits per heavy atom. The fraction of sp³-hybridized carbons (Fsp3) is 0.0588. The topological polar surface area (TPSA) is 50.7 Å². The van der Waals surface area contributed by atoms with E-state index >= 15 is 0 Å². The second-order valence-corrected chi connectivity index (χ2v) is 6.77. The second kappa shape index (κ2) is 5.64. The molecule has 114 valence electrons. The second-order valence-electron chi connectivity index (χ2n) is 5.10. The van der Waals surface area contributed by atoms with Gasteiger partial charge in [-0.2, -0.15) is 0 Å². The number of hydrogen-bond donors (Lipinski definition) is 1. The maximum absolute atomic E-state index is 10.5. The van der Waals surface area contributed by atoms with Gasteiger partial charge in [0.15, 0.2) is 3.95 Å². The summed E-state index contributed by atoms with van der Waals surface area (Å²) in [5, 5.41) is 10.5. The van der Waals surface area contributed by atoms with Gasteiger partial charge in [0.25, 0.3) is 0 Å². The van der Waals surface area contributed by atoms with Crippen molar-refractivity contribution in [1.82, 2.24) is 4.57 Å². The van der Waals surface area contributed by atoms with Crippen molar-refractivity contribution >= 4 is 47.1 Å². The molecule has 6 heteroatoms. The Hall–Kier alpha value is -2.44. The van der Waals surface area contributed by atoms with Gasteiger partial charge in [0.2, 0.25) is 5.88 Å². The molecule has 1 aliphatic rings. The van der Waals surface area contributed by atoms with Crippen LogP contribution in [0.25, 0.3) is 11.6 Å². The molecule has 1 N–H and O–H groups in total. The minimum atomic E-state index is 0.154. The Labute approximate surface area is 141 Å². The van der Waals surface area contributed by atoms with Crippen LogP contribution in [0.1, 0.15) is 16.2 Å². The lowest BCUT2D eigenvalue weighted by atomic mass is 10.1. The van der Waals surface area contributed by atoms with Crippen LogP contribution >= 0.6 is 23.6 Å². The SMILES string of the molecule is Oc1c(/C=C2\C=Nc3ccccc32)sc(=S)n1Cc1ccco1. The predicted molar refractivity (Wildman–Crippen MR) is 95.1 cm³/mol. The molecule has 0 atom stereocenters. The summed E-state index contributed by atoms with van der Waals surface area (Å²) in [6.07, 6.45) is 5.34. The van der Waals surface area contributed by atoms with E-state index in [1.54, 1.807) is 10.8 Å². The van der Waals surface area contributed by atoms with E-state index in [2.05, 4.69) is 4.99 Å². The molecule has 23 heavy (non-hydrogen) atoms. The van der Waals surface area contributed by atoms with Gasteiger partial charge in [-0.3, -0.25) is 9.56 Å². The smallest absolute Gasteiger partial charge is 0.211 e. The van der Waals surface area contributed by atoms with Crippen LogP contribution < -0.4 is 0 Å². The third kappa shape index (κ3) is 2.56. The van der Waals surface area contributed by atoms with Crippen molar-refractivity contribution in [3.05, 3.63) is 62.8 Å². The summed E-state index contributed by atoms with van der Waals surface area (Å²) in [7, 11) is 0. The highest BCUT2D eigenvalue weighted by Gasteiger charge is 2.15. The summed E-state index contributed by atoms with van der Waals surface area (Å²) in [5.41, 5.74) is 2.97. The molecule has 0 radical (unpaired) electrons. The number of aliphatic imine (C=N–C) groups is 1. The normalized spacial score (nSPS) is 14.5. The molecule has 3 heterocycles. The molecule has 1 aliphatic heterocycles. The fourth-order valence-electron chi connectivity index (χ4n) is 2.50. The molecule has 4 nitrogen and oxygen atoms in total. The Morgan fingerprint density at radius 1 is 1.26 bits per heavy atom. The van der Waals surface area contributed by atoms with Gasteiger partial charge < -0.3 is 9.52 Å². The van der Waals surface area contributed by atoms with Gasteiger partial charge in [0.05, 0.1) is 23.4 Å². The van der Waals surface area contributed by atoms with Crippen molar-refractivity contribution in [3.8, 4) is 5.88 Å². The number of aromatic nitrogens is 1. The molecule has 0 amide bonds. The molecule has 3 aromatic rings.